The monoisotopic (exact) mass is 386 g/mol. The van der Waals surface area contributed by atoms with Gasteiger partial charge >= 0.3 is 0 Å². The molecule has 0 spiro atoms. The SMILES string of the molecule is O=C1CCC(N2C(=O)c3cc(N4CC5CCC4CN5)cc(F)c3C2=O)C(=O)N1. The van der Waals surface area contributed by atoms with E-state index in [0.717, 1.165) is 30.8 Å². The minimum absolute atomic E-state index is 0.0147. The van der Waals surface area contributed by atoms with Crippen LogP contribution in [0, 0.1) is 5.82 Å². The summed E-state index contributed by atoms with van der Waals surface area (Å²) in [5.74, 6) is -3.41. The van der Waals surface area contributed by atoms with Crippen LogP contribution in [-0.2, 0) is 9.59 Å². The summed E-state index contributed by atoms with van der Waals surface area (Å²) < 4.78 is 14.9. The van der Waals surface area contributed by atoms with Crippen LogP contribution in [0.1, 0.15) is 46.4 Å². The van der Waals surface area contributed by atoms with Gasteiger partial charge in [-0.3, -0.25) is 29.4 Å². The second-order valence-corrected chi connectivity index (χ2v) is 7.79. The Hall–Kier alpha value is -2.81. The van der Waals surface area contributed by atoms with E-state index in [4.69, 9.17) is 0 Å². The van der Waals surface area contributed by atoms with E-state index in [1.807, 2.05) is 0 Å². The first-order chi connectivity index (χ1) is 13.4. The Morgan fingerprint density at radius 1 is 1.04 bits per heavy atom. The van der Waals surface area contributed by atoms with Crippen LogP contribution in [0.3, 0.4) is 0 Å². The predicted molar refractivity (Wildman–Crippen MR) is 95.2 cm³/mol. The summed E-state index contributed by atoms with van der Waals surface area (Å²) in [5, 5.41) is 5.56. The van der Waals surface area contributed by atoms with Crippen molar-refractivity contribution in [3.63, 3.8) is 0 Å². The minimum atomic E-state index is -1.09. The van der Waals surface area contributed by atoms with Gasteiger partial charge in [-0.15, -0.1) is 0 Å². The van der Waals surface area contributed by atoms with E-state index in [1.54, 1.807) is 6.07 Å². The number of anilines is 1. The first-order valence-electron chi connectivity index (χ1n) is 9.49. The van der Waals surface area contributed by atoms with Crippen LogP contribution in [0.4, 0.5) is 10.1 Å². The molecule has 28 heavy (non-hydrogen) atoms. The van der Waals surface area contributed by atoms with Gasteiger partial charge in [-0.2, -0.15) is 0 Å². The van der Waals surface area contributed by atoms with E-state index in [0.29, 0.717) is 11.7 Å². The highest BCUT2D eigenvalue weighted by atomic mass is 19.1. The molecule has 5 aliphatic heterocycles. The lowest BCUT2D eigenvalue weighted by molar-refractivity contribution is -0.136. The zero-order valence-electron chi connectivity index (χ0n) is 15.0. The van der Waals surface area contributed by atoms with Crippen LogP contribution in [0.2, 0.25) is 0 Å². The van der Waals surface area contributed by atoms with Gasteiger partial charge in [0, 0.05) is 37.3 Å². The van der Waals surface area contributed by atoms with Crippen LogP contribution in [-0.4, -0.2) is 59.7 Å². The maximum absolute atomic E-state index is 14.9. The number of nitrogens with zero attached hydrogens (tertiary/aromatic N) is 2. The minimum Gasteiger partial charge on any atom is -0.366 e. The molecule has 4 saturated heterocycles. The quantitative estimate of drug-likeness (QED) is 0.703. The Morgan fingerprint density at radius 3 is 2.50 bits per heavy atom. The van der Waals surface area contributed by atoms with Gasteiger partial charge in [0.15, 0.2) is 0 Å². The summed E-state index contributed by atoms with van der Waals surface area (Å²) in [6, 6.07) is 2.33. The Kier molecular flexibility index (Phi) is 3.77. The lowest BCUT2D eigenvalue weighted by Gasteiger charge is -2.47. The van der Waals surface area contributed by atoms with Crippen LogP contribution < -0.4 is 15.5 Å². The lowest BCUT2D eigenvalue weighted by atomic mass is 9.92. The third kappa shape index (κ3) is 2.46. The summed E-state index contributed by atoms with van der Waals surface area (Å²) in [5.41, 5.74) is 0.275. The number of imide groups is 2. The van der Waals surface area contributed by atoms with Crippen LogP contribution in [0.5, 0.6) is 0 Å². The molecule has 5 aliphatic rings. The predicted octanol–water partition coefficient (Wildman–Crippen LogP) is 0.168. The average molecular weight is 386 g/mol. The van der Waals surface area contributed by atoms with Crippen LogP contribution >= 0.6 is 0 Å². The van der Waals surface area contributed by atoms with Gasteiger partial charge < -0.3 is 10.2 Å². The zero-order valence-corrected chi connectivity index (χ0v) is 15.0. The van der Waals surface area contributed by atoms with Gasteiger partial charge in [0.05, 0.1) is 11.1 Å². The molecule has 4 amide bonds. The fraction of sp³-hybridized carbons (Fsp3) is 0.474. The number of piperidine rings is 3. The second-order valence-electron chi connectivity index (χ2n) is 7.79. The summed E-state index contributed by atoms with van der Waals surface area (Å²) >= 11 is 0. The van der Waals surface area contributed by atoms with Gasteiger partial charge in [0.25, 0.3) is 11.8 Å². The van der Waals surface area contributed by atoms with Crippen LogP contribution in [0.15, 0.2) is 12.1 Å². The number of amides is 4. The van der Waals surface area contributed by atoms with Gasteiger partial charge in [0.1, 0.15) is 11.9 Å². The van der Waals surface area contributed by atoms with Crippen molar-refractivity contribution in [2.75, 3.05) is 18.0 Å². The van der Waals surface area contributed by atoms with Crippen molar-refractivity contribution in [3.05, 3.63) is 29.1 Å². The maximum atomic E-state index is 14.9. The molecular weight excluding hydrogens is 367 g/mol. The van der Waals surface area contributed by atoms with Crippen molar-refractivity contribution in [2.24, 2.45) is 0 Å². The van der Waals surface area contributed by atoms with E-state index >= 15 is 0 Å². The number of fused-ring (bicyclic) bond motifs is 4. The van der Waals surface area contributed by atoms with Gasteiger partial charge in [-0.25, -0.2) is 4.39 Å². The number of rotatable bonds is 2. The number of hydrogen-bond acceptors (Lipinski definition) is 6. The molecule has 146 valence electrons. The molecule has 0 aromatic heterocycles. The summed E-state index contributed by atoms with van der Waals surface area (Å²) in [6.45, 7) is 1.53. The smallest absolute Gasteiger partial charge is 0.265 e. The molecule has 2 N–H and O–H groups in total. The largest absolute Gasteiger partial charge is 0.366 e. The molecule has 9 heteroatoms. The Balaban J connectivity index is 1.49. The van der Waals surface area contributed by atoms with Crippen molar-refractivity contribution < 1.29 is 23.6 Å². The lowest BCUT2D eigenvalue weighted by Crippen LogP contribution is -2.61. The number of nitrogens with one attached hydrogen (secondary N) is 2. The Labute approximate surface area is 160 Å². The standard InChI is InChI=1S/C19H19FN4O4/c20-13-6-11(23-8-9-1-2-10(23)7-21-9)5-12-16(13)19(28)24(18(12)27)14-3-4-15(25)22-17(14)26/h5-6,9-10,14,21H,1-4,7-8H2,(H,22,25,26). The highest BCUT2D eigenvalue weighted by Crippen LogP contribution is 2.35. The molecule has 1 aromatic rings. The molecular formula is C19H19FN4O4. The molecule has 4 fully saturated rings. The molecule has 0 radical (unpaired) electrons. The average Bonchev–Trinajstić information content (AvgIpc) is 2.94. The number of halogens is 1. The third-order valence-corrected chi connectivity index (χ3v) is 6.16. The van der Waals surface area contributed by atoms with Gasteiger partial charge in [-0.05, 0) is 31.4 Å². The highest BCUT2D eigenvalue weighted by Gasteiger charge is 2.46. The number of piperazine rings is 1. The molecule has 5 heterocycles. The third-order valence-electron chi connectivity index (χ3n) is 6.16. The van der Waals surface area contributed by atoms with Crippen molar-refractivity contribution in [2.45, 2.75) is 43.8 Å². The first-order valence-corrected chi connectivity index (χ1v) is 9.49. The fourth-order valence-corrected chi connectivity index (χ4v) is 4.72. The second kappa shape index (κ2) is 6.10. The molecule has 1 aromatic carbocycles. The molecule has 0 aliphatic carbocycles. The van der Waals surface area contributed by atoms with E-state index in [1.165, 1.54) is 6.07 Å². The van der Waals surface area contributed by atoms with Crippen molar-refractivity contribution in [1.82, 2.24) is 15.5 Å². The fourth-order valence-electron chi connectivity index (χ4n) is 4.72. The number of carbonyl (C=O) groups excluding carboxylic acids is 4. The zero-order chi connectivity index (χ0) is 19.6. The maximum Gasteiger partial charge on any atom is 0.265 e. The Morgan fingerprint density at radius 2 is 1.86 bits per heavy atom. The van der Waals surface area contributed by atoms with E-state index in [-0.39, 0.29) is 30.0 Å². The van der Waals surface area contributed by atoms with Gasteiger partial charge in [0.2, 0.25) is 11.8 Å². The summed E-state index contributed by atoms with van der Waals surface area (Å²) in [6.07, 6.45) is 2.13. The normalized spacial score (nSPS) is 29.4. The van der Waals surface area contributed by atoms with E-state index in [2.05, 4.69) is 15.5 Å². The van der Waals surface area contributed by atoms with Crippen molar-refractivity contribution >= 4 is 29.3 Å². The van der Waals surface area contributed by atoms with Crippen molar-refractivity contribution in [1.29, 1.82) is 0 Å². The molecule has 0 saturated carbocycles. The van der Waals surface area contributed by atoms with Crippen LogP contribution in [0.25, 0.3) is 0 Å². The number of hydrogen-bond donors (Lipinski definition) is 2. The first kappa shape index (κ1) is 17.3. The molecule has 8 nitrogen and oxygen atoms in total. The molecule has 3 atom stereocenters. The van der Waals surface area contributed by atoms with Gasteiger partial charge in [-0.1, -0.05) is 0 Å². The Bertz CT molecular complexity index is 925. The van der Waals surface area contributed by atoms with Crippen molar-refractivity contribution in [3.8, 4) is 0 Å². The summed E-state index contributed by atoms with van der Waals surface area (Å²) in [4.78, 5) is 52.0. The topological polar surface area (TPSA) is 98.8 Å². The van der Waals surface area contributed by atoms with E-state index < -0.39 is 35.5 Å². The number of benzene rings is 1. The molecule has 2 bridgehead atoms. The molecule has 3 unspecified atom stereocenters. The summed E-state index contributed by atoms with van der Waals surface area (Å²) in [7, 11) is 0. The van der Waals surface area contributed by atoms with E-state index in [9.17, 15) is 23.6 Å². The highest BCUT2D eigenvalue weighted by molar-refractivity contribution is 6.23. The molecule has 6 rings (SSSR count). The number of carbonyl (C=O) groups is 4.